The van der Waals surface area contributed by atoms with Crippen LogP contribution in [0.2, 0.25) is 5.02 Å². The lowest BCUT2D eigenvalue weighted by Crippen LogP contribution is -2.40. The van der Waals surface area contributed by atoms with Crippen LogP contribution < -0.4 is 10.6 Å². The molecule has 18 heavy (non-hydrogen) atoms. The molecule has 1 aliphatic rings. The molecule has 1 atom stereocenters. The highest BCUT2D eigenvalue weighted by Gasteiger charge is 2.25. The van der Waals surface area contributed by atoms with Crippen molar-refractivity contribution in [1.82, 2.24) is 5.32 Å². The Kier molecular flexibility index (Phi) is 3.81. The van der Waals surface area contributed by atoms with Crippen LogP contribution in [0.3, 0.4) is 0 Å². The van der Waals surface area contributed by atoms with Gasteiger partial charge in [0.1, 0.15) is 5.82 Å². The predicted octanol–water partition coefficient (Wildman–Crippen LogP) is 1.94. The van der Waals surface area contributed by atoms with E-state index >= 15 is 0 Å². The highest BCUT2D eigenvalue weighted by Crippen LogP contribution is 2.25. The largest absolute Gasteiger partial charge is 0.355 e. The van der Waals surface area contributed by atoms with E-state index < -0.39 is 5.82 Å². The van der Waals surface area contributed by atoms with Crippen molar-refractivity contribution < 1.29 is 14.0 Å². The fourth-order valence-corrected chi connectivity index (χ4v) is 2.01. The van der Waals surface area contributed by atoms with Crippen molar-refractivity contribution in [2.45, 2.75) is 12.8 Å². The average molecular weight is 271 g/mol. The molecule has 1 fully saturated rings. The Labute approximate surface area is 109 Å². The fourth-order valence-electron chi connectivity index (χ4n) is 1.80. The van der Waals surface area contributed by atoms with E-state index in [1.807, 2.05) is 0 Å². The second-order valence-electron chi connectivity index (χ2n) is 4.13. The van der Waals surface area contributed by atoms with Crippen LogP contribution in [0, 0.1) is 11.7 Å². The van der Waals surface area contributed by atoms with E-state index in [1.54, 1.807) is 0 Å². The first kappa shape index (κ1) is 12.8. The smallest absolute Gasteiger partial charge is 0.229 e. The fraction of sp³-hybridized carbons (Fsp3) is 0.333. The molecule has 6 heteroatoms. The highest BCUT2D eigenvalue weighted by atomic mass is 35.5. The Bertz CT molecular complexity index is 463. The minimum atomic E-state index is -0.573. The number of carbonyl (C=O) groups excluding carboxylic acids is 2. The number of halogens is 2. The van der Waals surface area contributed by atoms with Crippen molar-refractivity contribution in [2.75, 3.05) is 11.9 Å². The second-order valence-corrected chi connectivity index (χ2v) is 4.53. The van der Waals surface area contributed by atoms with Crippen molar-refractivity contribution in [2.24, 2.45) is 5.92 Å². The summed E-state index contributed by atoms with van der Waals surface area (Å²) in [5.74, 6) is -1.32. The maximum atomic E-state index is 13.5. The minimum Gasteiger partial charge on any atom is -0.355 e. The summed E-state index contributed by atoms with van der Waals surface area (Å²) in [4.78, 5) is 22.9. The number of nitrogens with one attached hydrogen (secondary N) is 2. The zero-order chi connectivity index (χ0) is 13.1. The molecule has 0 saturated carbocycles. The number of rotatable bonds is 2. The van der Waals surface area contributed by atoms with E-state index in [-0.39, 0.29) is 35.0 Å². The maximum absolute atomic E-state index is 13.5. The van der Waals surface area contributed by atoms with E-state index in [1.165, 1.54) is 18.2 Å². The van der Waals surface area contributed by atoms with Crippen LogP contribution in [0.25, 0.3) is 0 Å². The average Bonchev–Trinajstić information content (AvgIpc) is 2.34. The van der Waals surface area contributed by atoms with Crippen LogP contribution in [-0.4, -0.2) is 18.4 Å². The van der Waals surface area contributed by atoms with Crippen molar-refractivity contribution >= 4 is 29.1 Å². The van der Waals surface area contributed by atoms with Crippen LogP contribution in [-0.2, 0) is 9.59 Å². The maximum Gasteiger partial charge on any atom is 0.229 e. The quantitative estimate of drug-likeness (QED) is 0.863. The zero-order valence-corrected chi connectivity index (χ0v) is 10.3. The normalized spacial score (nSPS) is 19.2. The molecule has 0 aliphatic carbocycles. The van der Waals surface area contributed by atoms with Gasteiger partial charge in [-0.25, -0.2) is 4.39 Å². The molecule has 1 aromatic carbocycles. The first-order valence-corrected chi connectivity index (χ1v) is 5.97. The summed E-state index contributed by atoms with van der Waals surface area (Å²) in [6.07, 6.45) is 0.771. The molecule has 0 aromatic heterocycles. The molecule has 96 valence electrons. The summed E-state index contributed by atoms with van der Waals surface area (Å²) in [6, 6.07) is 4.20. The monoisotopic (exact) mass is 270 g/mol. The summed E-state index contributed by atoms with van der Waals surface area (Å²) in [5.41, 5.74) is -0.0129. The van der Waals surface area contributed by atoms with Crippen LogP contribution in [0.15, 0.2) is 18.2 Å². The Morgan fingerprint density at radius 2 is 2.28 bits per heavy atom. The van der Waals surface area contributed by atoms with Gasteiger partial charge in [0, 0.05) is 13.0 Å². The molecular formula is C12H12ClFN2O2. The van der Waals surface area contributed by atoms with Crippen LogP contribution >= 0.6 is 11.6 Å². The Balaban J connectivity index is 2.05. The van der Waals surface area contributed by atoms with Gasteiger partial charge < -0.3 is 10.6 Å². The number of para-hydroxylation sites is 1. The van der Waals surface area contributed by atoms with Crippen LogP contribution in [0.5, 0.6) is 0 Å². The Morgan fingerprint density at radius 1 is 1.50 bits per heavy atom. The molecule has 1 aliphatic heterocycles. The molecule has 2 amide bonds. The van der Waals surface area contributed by atoms with Gasteiger partial charge >= 0.3 is 0 Å². The third-order valence-corrected chi connectivity index (χ3v) is 3.16. The molecule has 1 unspecified atom stereocenters. The second kappa shape index (κ2) is 5.35. The summed E-state index contributed by atoms with van der Waals surface area (Å²) in [6.45, 7) is 0.275. The Hall–Kier alpha value is -1.62. The molecule has 0 spiro atoms. The van der Waals surface area contributed by atoms with Crippen molar-refractivity contribution in [3.05, 3.63) is 29.0 Å². The number of anilines is 1. The summed E-state index contributed by atoms with van der Waals surface area (Å²) in [7, 11) is 0. The van der Waals surface area contributed by atoms with E-state index in [9.17, 15) is 14.0 Å². The lowest BCUT2D eigenvalue weighted by atomic mass is 9.98. The lowest BCUT2D eigenvalue weighted by molar-refractivity contribution is -0.126. The third kappa shape index (κ3) is 2.79. The number of hydrogen-bond donors (Lipinski definition) is 2. The van der Waals surface area contributed by atoms with Gasteiger partial charge in [-0.2, -0.15) is 0 Å². The number of amides is 2. The van der Waals surface area contributed by atoms with Gasteiger partial charge in [0.2, 0.25) is 11.8 Å². The molecule has 0 bridgehead atoms. The zero-order valence-electron chi connectivity index (χ0n) is 9.50. The van der Waals surface area contributed by atoms with E-state index in [4.69, 9.17) is 11.6 Å². The lowest BCUT2D eigenvalue weighted by Gasteiger charge is -2.21. The van der Waals surface area contributed by atoms with Crippen LogP contribution in [0.4, 0.5) is 10.1 Å². The summed E-state index contributed by atoms with van der Waals surface area (Å²) in [5, 5.41) is 5.22. The molecule has 4 nitrogen and oxygen atoms in total. The highest BCUT2D eigenvalue weighted by molar-refractivity contribution is 6.33. The first-order valence-electron chi connectivity index (χ1n) is 5.59. The van der Waals surface area contributed by atoms with Gasteiger partial charge in [0.25, 0.3) is 0 Å². The minimum absolute atomic E-state index is 0.0129. The van der Waals surface area contributed by atoms with Gasteiger partial charge in [-0.1, -0.05) is 17.7 Å². The topological polar surface area (TPSA) is 58.2 Å². The van der Waals surface area contributed by atoms with E-state index in [2.05, 4.69) is 10.6 Å². The third-order valence-electron chi connectivity index (χ3n) is 2.85. The van der Waals surface area contributed by atoms with Gasteiger partial charge in [0.05, 0.1) is 16.6 Å². The number of benzene rings is 1. The Morgan fingerprint density at radius 3 is 2.89 bits per heavy atom. The molecule has 2 rings (SSSR count). The first-order chi connectivity index (χ1) is 8.58. The number of hydrogen-bond acceptors (Lipinski definition) is 2. The number of piperidine rings is 1. The van der Waals surface area contributed by atoms with Gasteiger partial charge in [-0.3, -0.25) is 9.59 Å². The molecule has 1 aromatic rings. The van der Waals surface area contributed by atoms with E-state index in [0.29, 0.717) is 12.8 Å². The predicted molar refractivity (Wildman–Crippen MR) is 65.8 cm³/mol. The molecule has 1 heterocycles. The van der Waals surface area contributed by atoms with Gasteiger partial charge in [0.15, 0.2) is 0 Å². The van der Waals surface area contributed by atoms with Crippen LogP contribution in [0.1, 0.15) is 12.8 Å². The van der Waals surface area contributed by atoms with Crippen molar-refractivity contribution in [3.63, 3.8) is 0 Å². The van der Waals surface area contributed by atoms with E-state index in [0.717, 1.165) is 0 Å². The van der Waals surface area contributed by atoms with Crippen molar-refractivity contribution in [3.8, 4) is 0 Å². The van der Waals surface area contributed by atoms with Crippen molar-refractivity contribution in [1.29, 1.82) is 0 Å². The summed E-state index contributed by atoms with van der Waals surface area (Å²) >= 11 is 5.81. The molecule has 0 radical (unpaired) electrons. The molecule has 1 saturated heterocycles. The molecular weight excluding hydrogens is 259 g/mol. The summed E-state index contributed by atoms with van der Waals surface area (Å²) < 4.78 is 13.5. The van der Waals surface area contributed by atoms with Gasteiger partial charge in [-0.15, -0.1) is 0 Å². The number of carbonyl (C=O) groups is 2. The SMILES string of the molecule is O=C1CCC(C(=O)Nc2c(F)cccc2Cl)CN1. The van der Waals surface area contributed by atoms with Gasteiger partial charge in [-0.05, 0) is 18.6 Å². The molecule has 2 N–H and O–H groups in total. The standard InChI is InChI=1S/C12H12ClFN2O2/c13-8-2-1-3-9(14)11(8)16-12(18)7-4-5-10(17)15-6-7/h1-3,7H,4-6H2,(H,15,17)(H,16,18).